The molecule has 0 unspecified atom stereocenters. The lowest BCUT2D eigenvalue weighted by Crippen LogP contribution is -2.31. The summed E-state index contributed by atoms with van der Waals surface area (Å²) in [5.41, 5.74) is 1.19. The van der Waals surface area contributed by atoms with Crippen LogP contribution in [-0.2, 0) is 4.79 Å². The summed E-state index contributed by atoms with van der Waals surface area (Å²) in [6.07, 6.45) is 0. The highest BCUT2D eigenvalue weighted by atomic mass is 35.5. The molecule has 0 aliphatic heterocycles. The molecule has 0 fully saturated rings. The summed E-state index contributed by atoms with van der Waals surface area (Å²) < 4.78 is 5.26. The molecule has 0 aromatic heterocycles. The molecule has 3 N–H and O–H groups in total. The minimum absolute atomic E-state index is 0.0449. The maximum absolute atomic E-state index is 12.8. The monoisotopic (exact) mass is 403 g/mol. The molecule has 2 rings (SSSR count). The smallest absolute Gasteiger partial charge is 0.259 e. The zero-order chi connectivity index (χ0) is 20.8. The molecule has 0 spiro atoms. The van der Waals surface area contributed by atoms with Crippen molar-refractivity contribution in [3.05, 3.63) is 52.5 Å². The number of hydrogen-bond donors (Lipinski definition) is 3. The fourth-order valence-electron chi connectivity index (χ4n) is 2.50. The molecule has 0 atom stereocenters. The van der Waals surface area contributed by atoms with Crippen LogP contribution >= 0.6 is 11.6 Å². The molecule has 28 heavy (non-hydrogen) atoms. The summed E-state index contributed by atoms with van der Waals surface area (Å²) in [5, 5.41) is 8.27. The highest BCUT2D eigenvalue weighted by Gasteiger charge is 2.19. The van der Waals surface area contributed by atoms with Crippen LogP contribution in [0.3, 0.4) is 0 Å². The van der Waals surface area contributed by atoms with Crippen molar-refractivity contribution in [1.82, 2.24) is 5.32 Å². The fourth-order valence-corrected chi connectivity index (χ4v) is 2.72. The van der Waals surface area contributed by atoms with Gasteiger partial charge in [0.1, 0.15) is 5.75 Å². The molecule has 0 heterocycles. The summed E-state index contributed by atoms with van der Waals surface area (Å²) in [7, 11) is 1.40. The Kier molecular flexibility index (Phi) is 7.00. The van der Waals surface area contributed by atoms with Crippen molar-refractivity contribution in [3.8, 4) is 5.75 Å². The normalized spacial score (nSPS) is 10.4. The third kappa shape index (κ3) is 5.23. The Balaban J connectivity index is 2.34. The van der Waals surface area contributed by atoms with Gasteiger partial charge in [-0.05, 0) is 32.0 Å². The molecule has 148 valence electrons. The van der Waals surface area contributed by atoms with Crippen LogP contribution in [-0.4, -0.2) is 30.9 Å². The number of rotatable bonds is 6. The number of methoxy groups -OCH3 is 1. The largest absolute Gasteiger partial charge is 0.496 e. The van der Waals surface area contributed by atoms with Gasteiger partial charge >= 0.3 is 0 Å². The Labute approximate surface area is 168 Å². The predicted octanol–water partition coefficient (Wildman–Crippen LogP) is 3.70. The third-order valence-corrected chi connectivity index (χ3v) is 4.00. The third-order valence-electron chi connectivity index (χ3n) is 3.68. The molecule has 0 radical (unpaired) electrons. The van der Waals surface area contributed by atoms with Crippen LogP contribution in [0.25, 0.3) is 0 Å². The molecule has 8 heteroatoms. The maximum Gasteiger partial charge on any atom is 0.259 e. The van der Waals surface area contributed by atoms with E-state index in [-0.39, 0.29) is 34.2 Å². The van der Waals surface area contributed by atoms with Gasteiger partial charge in [-0.2, -0.15) is 0 Å². The second kappa shape index (κ2) is 9.23. The standard InChI is InChI=1S/C20H22ClN3O4/c1-11(2)22-19(26)13-7-5-6-8-16(13)24-20(27)14-9-15(21)17(23-12(3)25)10-18(14)28-4/h5-11H,1-4H3,(H,22,26)(H,23,25)(H,24,27). The molecule has 0 aliphatic carbocycles. The van der Waals surface area contributed by atoms with Crippen LogP contribution in [0.5, 0.6) is 5.75 Å². The average Bonchev–Trinajstić information content (AvgIpc) is 2.62. The van der Waals surface area contributed by atoms with E-state index in [0.29, 0.717) is 16.9 Å². The number of benzene rings is 2. The van der Waals surface area contributed by atoms with E-state index < -0.39 is 5.91 Å². The Morgan fingerprint density at radius 1 is 0.964 bits per heavy atom. The van der Waals surface area contributed by atoms with Gasteiger partial charge in [-0.25, -0.2) is 0 Å². The number of anilines is 2. The SMILES string of the molecule is COc1cc(NC(C)=O)c(Cl)cc1C(=O)Nc1ccccc1C(=O)NC(C)C. The van der Waals surface area contributed by atoms with Crippen LogP contribution in [0.4, 0.5) is 11.4 Å². The number of amides is 3. The van der Waals surface area contributed by atoms with E-state index in [1.165, 1.54) is 26.2 Å². The zero-order valence-corrected chi connectivity index (χ0v) is 16.8. The molecule has 2 aromatic rings. The Morgan fingerprint density at radius 2 is 1.64 bits per heavy atom. The summed E-state index contributed by atoms with van der Waals surface area (Å²) >= 11 is 6.17. The van der Waals surface area contributed by atoms with Crippen molar-refractivity contribution in [3.63, 3.8) is 0 Å². The summed E-state index contributed by atoms with van der Waals surface area (Å²) in [5.74, 6) is -0.865. The van der Waals surface area contributed by atoms with Crippen molar-refractivity contribution in [2.24, 2.45) is 0 Å². The lowest BCUT2D eigenvalue weighted by atomic mass is 10.1. The van der Waals surface area contributed by atoms with Crippen LogP contribution < -0.4 is 20.7 Å². The minimum atomic E-state index is -0.502. The number of nitrogens with one attached hydrogen (secondary N) is 3. The highest BCUT2D eigenvalue weighted by Crippen LogP contribution is 2.31. The molecule has 0 bridgehead atoms. The van der Waals surface area contributed by atoms with Gasteiger partial charge < -0.3 is 20.7 Å². The van der Waals surface area contributed by atoms with Gasteiger partial charge in [0.25, 0.3) is 11.8 Å². The first kappa shape index (κ1) is 21.2. The van der Waals surface area contributed by atoms with Gasteiger partial charge in [0, 0.05) is 19.0 Å². The summed E-state index contributed by atoms with van der Waals surface area (Å²) in [6, 6.07) is 9.51. The molecule has 0 aliphatic rings. The second-order valence-corrected chi connectivity index (χ2v) is 6.75. The molecule has 7 nitrogen and oxygen atoms in total. The topological polar surface area (TPSA) is 96.5 Å². The first-order valence-corrected chi connectivity index (χ1v) is 8.97. The van der Waals surface area contributed by atoms with Crippen molar-refractivity contribution >= 4 is 40.7 Å². The lowest BCUT2D eigenvalue weighted by Gasteiger charge is -2.15. The maximum atomic E-state index is 12.8. The van der Waals surface area contributed by atoms with E-state index in [1.54, 1.807) is 24.3 Å². The predicted molar refractivity (Wildman–Crippen MR) is 109 cm³/mol. The Hall–Kier alpha value is -3.06. The molecule has 0 saturated heterocycles. The Morgan fingerprint density at radius 3 is 2.25 bits per heavy atom. The summed E-state index contributed by atoms with van der Waals surface area (Å²) in [6.45, 7) is 5.05. The molecular weight excluding hydrogens is 382 g/mol. The van der Waals surface area contributed by atoms with E-state index in [4.69, 9.17) is 16.3 Å². The highest BCUT2D eigenvalue weighted by molar-refractivity contribution is 6.34. The number of halogens is 1. The first-order chi connectivity index (χ1) is 13.2. The second-order valence-electron chi connectivity index (χ2n) is 6.34. The van der Waals surface area contributed by atoms with Crippen molar-refractivity contribution < 1.29 is 19.1 Å². The van der Waals surface area contributed by atoms with E-state index in [0.717, 1.165) is 0 Å². The number of para-hydroxylation sites is 1. The lowest BCUT2D eigenvalue weighted by molar-refractivity contribution is -0.114. The zero-order valence-electron chi connectivity index (χ0n) is 16.1. The molecule has 3 amide bonds. The first-order valence-electron chi connectivity index (χ1n) is 8.59. The van der Waals surface area contributed by atoms with Gasteiger partial charge in [0.2, 0.25) is 5.91 Å². The summed E-state index contributed by atoms with van der Waals surface area (Å²) in [4.78, 5) is 36.5. The van der Waals surface area contributed by atoms with E-state index in [9.17, 15) is 14.4 Å². The van der Waals surface area contributed by atoms with E-state index in [2.05, 4.69) is 16.0 Å². The van der Waals surface area contributed by atoms with Gasteiger partial charge in [0.15, 0.2) is 0 Å². The number of carbonyl (C=O) groups is 3. The van der Waals surface area contributed by atoms with Crippen LogP contribution in [0.2, 0.25) is 5.02 Å². The molecule has 0 saturated carbocycles. The van der Waals surface area contributed by atoms with Gasteiger partial charge in [0.05, 0.1) is 34.6 Å². The van der Waals surface area contributed by atoms with Gasteiger partial charge in [-0.1, -0.05) is 23.7 Å². The number of hydrogen-bond acceptors (Lipinski definition) is 4. The average molecular weight is 404 g/mol. The molecule has 2 aromatic carbocycles. The number of carbonyl (C=O) groups excluding carboxylic acids is 3. The number of ether oxygens (including phenoxy) is 1. The van der Waals surface area contributed by atoms with Crippen molar-refractivity contribution in [1.29, 1.82) is 0 Å². The van der Waals surface area contributed by atoms with E-state index >= 15 is 0 Å². The molecular formula is C20H22ClN3O4. The van der Waals surface area contributed by atoms with Crippen LogP contribution in [0.15, 0.2) is 36.4 Å². The quantitative estimate of drug-likeness (QED) is 0.685. The van der Waals surface area contributed by atoms with Crippen molar-refractivity contribution in [2.75, 3.05) is 17.7 Å². The fraction of sp³-hybridized carbons (Fsp3) is 0.250. The Bertz CT molecular complexity index is 912. The van der Waals surface area contributed by atoms with E-state index in [1.807, 2.05) is 13.8 Å². The van der Waals surface area contributed by atoms with Crippen molar-refractivity contribution in [2.45, 2.75) is 26.8 Å². The minimum Gasteiger partial charge on any atom is -0.496 e. The van der Waals surface area contributed by atoms with Gasteiger partial charge in [-0.3, -0.25) is 14.4 Å². The van der Waals surface area contributed by atoms with Gasteiger partial charge in [-0.15, -0.1) is 0 Å². The van der Waals surface area contributed by atoms with Crippen LogP contribution in [0.1, 0.15) is 41.5 Å². The van der Waals surface area contributed by atoms with Crippen LogP contribution in [0, 0.1) is 0 Å².